The maximum absolute atomic E-state index is 11.7. The first-order valence-corrected chi connectivity index (χ1v) is 6.60. The van der Waals surface area contributed by atoms with Gasteiger partial charge in [-0.05, 0) is 19.4 Å². The molecule has 2 aliphatic rings. The summed E-state index contributed by atoms with van der Waals surface area (Å²) in [4.78, 5) is 11.7. The molecule has 2 N–H and O–H groups in total. The minimum atomic E-state index is -0.701. The predicted octanol–water partition coefficient (Wildman–Crippen LogP) is -0.345. The first-order chi connectivity index (χ1) is 6.75. The number of carbonyl (C=O) groups excluding carboxylic acids is 1. The molecule has 1 amide bonds. The van der Waals surface area contributed by atoms with Crippen LogP contribution in [0, 0.1) is 5.92 Å². The lowest BCUT2D eigenvalue weighted by Gasteiger charge is -2.14. The van der Waals surface area contributed by atoms with Crippen LogP contribution in [0.4, 0.5) is 0 Å². The van der Waals surface area contributed by atoms with Gasteiger partial charge in [0, 0.05) is 34.9 Å². The third kappa shape index (κ3) is 3.43. The molecule has 4 nitrogen and oxygen atoms in total. The molecule has 0 aliphatic carbocycles. The molecular weight excluding hydrogens is 236 g/mol. The summed E-state index contributed by atoms with van der Waals surface area (Å²) < 4.78 is 11.1. The van der Waals surface area contributed by atoms with Crippen molar-refractivity contribution < 1.29 is 9.00 Å². The van der Waals surface area contributed by atoms with Crippen molar-refractivity contribution in [3.63, 3.8) is 0 Å². The predicted molar refractivity (Wildman–Crippen MR) is 62.6 cm³/mol. The van der Waals surface area contributed by atoms with Gasteiger partial charge in [-0.2, -0.15) is 0 Å². The number of hydrogen-bond donors (Lipinski definition) is 2. The second-order valence-electron chi connectivity index (χ2n) is 3.99. The highest BCUT2D eigenvalue weighted by Crippen LogP contribution is 2.11. The highest BCUT2D eigenvalue weighted by atomic mass is 35.5. The van der Waals surface area contributed by atoms with Gasteiger partial charge in [0.25, 0.3) is 0 Å². The van der Waals surface area contributed by atoms with Gasteiger partial charge in [-0.25, -0.2) is 0 Å². The highest BCUT2D eigenvalue weighted by Gasteiger charge is 2.27. The van der Waals surface area contributed by atoms with Crippen molar-refractivity contribution >= 4 is 29.1 Å². The number of nitrogens with one attached hydrogen (secondary N) is 2. The zero-order chi connectivity index (χ0) is 9.97. The first kappa shape index (κ1) is 12.9. The Kier molecular flexibility index (Phi) is 5.02. The molecule has 15 heavy (non-hydrogen) atoms. The van der Waals surface area contributed by atoms with E-state index in [9.17, 15) is 9.00 Å². The van der Waals surface area contributed by atoms with Gasteiger partial charge in [-0.15, -0.1) is 12.4 Å². The van der Waals surface area contributed by atoms with Crippen molar-refractivity contribution in [2.24, 2.45) is 5.92 Å². The Labute approximate surface area is 98.4 Å². The fraction of sp³-hybridized carbons (Fsp3) is 0.889. The molecule has 2 fully saturated rings. The van der Waals surface area contributed by atoms with E-state index in [-0.39, 0.29) is 30.3 Å². The van der Waals surface area contributed by atoms with Crippen molar-refractivity contribution in [3.8, 4) is 0 Å². The van der Waals surface area contributed by atoms with Crippen LogP contribution in [0.1, 0.15) is 12.8 Å². The maximum atomic E-state index is 11.7. The Balaban J connectivity index is 0.00000112. The molecule has 6 heteroatoms. The lowest BCUT2D eigenvalue weighted by Crippen LogP contribution is -2.39. The monoisotopic (exact) mass is 252 g/mol. The van der Waals surface area contributed by atoms with Crippen LogP contribution < -0.4 is 10.6 Å². The van der Waals surface area contributed by atoms with Gasteiger partial charge in [0.2, 0.25) is 5.91 Å². The quantitative estimate of drug-likeness (QED) is 0.707. The summed E-state index contributed by atoms with van der Waals surface area (Å²) in [7, 11) is -0.701. The van der Waals surface area contributed by atoms with Crippen molar-refractivity contribution in [2.75, 3.05) is 24.6 Å². The highest BCUT2D eigenvalue weighted by molar-refractivity contribution is 7.85. The minimum absolute atomic E-state index is 0. The number of hydrogen-bond acceptors (Lipinski definition) is 3. The third-order valence-electron chi connectivity index (χ3n) is 2.86. The molecule has 0 aromatic heterocycles. The zero-order valence-corrected chi connectivity index (χ0v) is 10.2. The molecule has 0 aromatic rings. The Morgan fingerprint density at radius 3 is 2.73 bits per heavy atom. The van der Waals surface area contributed by atoms with Crippen LogP contribution in [0.15, 0.2) is 0 Å². The molecule has 3 atom stereocenters. The van der Waals surface area contributed by atoms with Crippen LogP contribution in [0.3, 0.4) is 0 Å². The molecule has 0 aromatic carbocycles. The van der Waals surface area contributed by atoms with Crippen LogP contribution >= 0.6 is 12.4 Å². The van der Waals surface area contributed by atoms with Gasteiger partial charge in [-0.1, -0.05) is 0 Å². The molecule has 2 aliphatic heterocycles. The number of halogens is 1. The van der Waals surface area contributed by atoms with Crippen molar-refractivity contribution in [1.29, 1.82) is 0 Å². The Bertz CT molecular complexity index is 256. The van der Waals surface area contributed by atoms with Crippen LogP contribution in [0.2, 0.25) is 0 Å². The molecule has 2 saturated heterocycles. The summed E-state index contributed by atoms with van der Waals surface area (Å²) in [5.41, 5.74) is 0. The lowest BCUT2D eigenvalue weighted by atomic mass is 10.1. The van der Waals surface area contributed by atoms with E-state index in [4.69, 9.17) is 0 Å². The topological polar surface area (TPSA) is 58.2 Å². The molecule has 0 spiro atoms. The van der Waals surface area contributed by atoms with Gasteiger partial charge >= 0.3 is 0 Å². The Hall–Kier alpha value is -0.130. The Morgan fingerprint density at radius 1 is 1.40 bits per heavy atom. The fourth-order valence-electron chi connectivity index (χ4n) is 1.98. The molecule has 3 unspecified atom stereocenters. The first-order valence-electron chi connectivity index (χ1n) is 5.12. The normalized spacial score (nSPS) is 34.8. The van der Waals surface area contributed by atoms with Gasteiger partial charge < -0.3 is 10.6 Å². The Morgan fingerprint density at radius 2 is 2.20 bits per heavy atom. The van der Waals surface area contributed by atoms with Gasteiger partial charge in [-0.3, -0.25) is 9.00 Å². The number of carbonyl (C=O) groups is 1. The average Bonchev–Trinajstić information content (AvgIpc) is 2.75. The summed E-state index contributed by atoms with van der Waals surface area (Å²) in [6, 6.07) is 0.156. The van der Waals surface area contributed by atoms with E-state index in [1.54, 1.807) is 0 Å². The van der Waals surface area contributed by atoms with E-state index in [2.05, 4.69) is 10.6 Å². The molecule has 88 valence electrons. The summed E-state index contributed by atoms with van der Waals surface area (Å²) in [6.45, 7) is 1.73. The summed E-state index contributed by atoms with van der Waals surface area (Å²) >= 11 is 0. The summed E-state index contributed by atoms with van der Waals surface area (Å²) in [6.07, 6.45) is 1.81. The zero-order valence-electron chi connectivity index (χ0n) is 8.53. The van der Waals surface area contributed by atoms with E-state index >= 15 is 0 Å². The van der Waals surface area contributed by atoms with Crippen LogP contribution in [0.5, 0.6) is 0 Å². The standard InChI is InChI=1S/C9H16N2O2S.ClH/c12-9(7-1-3-10-5-7)11-8-2-4-14(13)6-8;/h7-8,10H,1-6H2,(H,11,12);1H. The molecule has 0 saturated carbocycles. The lowest BCUT2D eigenvalue weighted by molar-refractivity contribution is -0.124. The van der Waals surface area contributed by atoms with E-state index in [0.717, 1.165) is 31.7 Å². The largest absolute Gasteiger partial charge is 0.352 e. The van der Waals surface area contributed by atoms with Gasteiger partial charge in [0.1, 0.15) is 0 Å². The summed E-state index contributed by atoms with van der Waals surface area (Å²) in [5.74, 6) is 1.66. The SMILES string of the molecule is Cl.O=C(NC1CCS(=O)C1)C1CCNC1. The minimum Gasteiger partial charge on any atom is -0.352 e. The van der Waals surface area contributed by atoms with Crippen molar-refractivity contribution in [1.82, 2.24) is 10.6 Å². The third-order valence-corrected chi connectivity index (χ3v) is 4.32. The average molecular weight is 253 g/mol. The molecular formula is C9H17ClN2O2S. The molecule has 2 heterocycles. The fourth-order valence-corrected chi connectivity index (χ4v) is 3.39. The van der Waals surface area contributed by atoms with Crippen LogP contribution in [-0.4, -0.2) is 40.8 Å². The number of rotatable bonds is 2. The molecule has 0 radical (unpaired) electrons. The number of amides is 1. The maximum Gasteiger partial charge on any atom is 0.224 e. The van der Waals surface area contributed by atoms with E-state index in [1.807, 2.05) is 0 Å². The van der Waals surface area contributed by atoms with E-state index in [1.165, 1.54) is 0 Å². The van der Waals surface area contributed by atoms with Crippen molar-refractivity contribution in [3.05, 3.63) is 0 Å². The summed E-state index contributed by atoms with van der Waals surface area (Å²) in [5, 5.41) is 6.15. The van der Waals surface area contributed by atoms with E-state index < -0.39 is 10.8 Å². The second kappa shape index (κ2) is 5.82. The second-order valence-corrected chi connectivity index (χ2v) is 5.62. The van der Waals surface area contributed by atoms with Crippen molar-refractivity contribution in [2.45, 2.75) is 18.9 Å². The van der Waals surface area contributed by atoms with Crippen LogP contribution in [-0.2, 0) is 15.6 Å². The smallest absolute Gasteiger partial charge is 0.224 e. The van der Waals surface area contributed by atoms with Crippen LogP contribution in [0.25, 0.3) is 0 Å². The molecule has 2 rings (SSSR count). The van der Waals surface area contributed by atoms with E-state index in [0.29, 0.717) is 5.75 Å². The van der Waals surface area contributed by atoms with Gasteiger partial charge in [0.15, 0.2) is 0 Å². The molecule has 0 bridgehead atoms. The van der Waals surface area contributed by atoms with Gasteiger partial charge in [0.05, 0.1) is 5.92 Å².